The average molecular weight is 319 g/mol. The highest BCUT2D eigenvalue weighted by atomic mass is 32.2. The molecule has 3 nitrogen and oxygen atoms in total. The molecule has 1 saturated heterocycles. The Morgan fingerprint density at radius 3 is 2.90 bits per heavy atom. The van der Waals surface area contributed by atoms with Gasteiger partial charge in [0.2, 0.25) is 0 Å². The molecule has 1 aromatic carbocycles. The van der Waals surface area contributed by atoms with E-state index in [9.17, 15) is 4.79 Å². The summed E-state index contributed by atoms with van der Waals surface area (Å²) in [6.07, 6.45) is 3.07. The van der Waals surface area contributed by atoms with Crippen molar-refractivity contribution in [3.05, 3.63) is 34.2 Å². The van der Waals surface area contributed by atoms with Gasteiger partial charge in [-0.05, 0) is 50.1 Å². The van der Waals surface area contributed by atoms with Crippen molar-refractivity contribution < 1.29 is 9.53 Å². The van der Waals surface area contributed by atoms with Crippen molar-refractivity contribution >= 4 is 40.3 Å². The third-order valence-electron chi connectivity index (χ3n) is 3.56. The number of ether oxygens (including phenoxy) is 1. The molecule has 1 aromatic rings. The summed E-state index contributed by atoms with van der Waals surface area (Å²) in [5.74, 6) is 0.958. The molecule has 0 spiro atoms. The molecule has 1 fully saturated rings. The Kier molecular flexibility index (Phi) is 3.80. The van der Waals surface area contributed by atoms with E-state index in [1.807, 2.05) is 32.1 Å². The van der Waals surface area contributed by atoms with Crippen LogP contribution in [0.5, 0.6) is 5.75 Å². The number of rotatable bonds is 2. The third-order valence-corrected chi connectivity index (χ3v) is 4.89. The van der Waals surface area contributed by atoms with Crippen LogP contribution in [0, 0.1) is 0 Å². The maximum absolute atomic E-state index is 12.4. The fourth-order valence-electron chi connectivity index (χ4n) is 2.61. The largest absolute Gasteiger partial charge is 0.490 e. The van der Waals surface area contributed by atoms with E-state index in [2.05, 4.69) is 13.0 Å². The Bertz CT molecular complexity index is 652. The molecular formula is C16H17NO2S2. The smallest absolute Gasteiger partial charge is 0.266 e. The Labute approximate surface area is 134 Å². The Morgan fingerprint density at radius 1 is 1.48 bits per heavy atom. The minimum atomic E-state index is 0.00474. The zero-order valence-corrected chi connectivity index (χ0v) is 13.9. The molecule has 0 saturated carbocycles. The quantitative estimate of drug-likeness (QED) is 0.615. The lowest BCUT2D eigenvalue weighted by molar-refractivity contribution is -0.123. The highest BCUT2D eigenvalue weighted by Gasteiger charge is 2.33. The van der Waals surface area contributed by atoms with Gasteiger partial charge in [-0.3, -0.25) is 9.69 Å². The molecule has 0 bridgehead atoms. The summed E-state index contributed by atoms with van der Waals surface area (Å²) in [6, 6.07) is 6.16. The van der Waals surface area contributed by atoms with Crippen molar-refractivity contribution in [2.75, 3.05) is 0 Å². The maximum atomic E-state index is 12.4. The van der Waals surface area contributed by atoms with E-state index < -0.39 is 0 Å². The van der Waals surface area contributed by atoms with E-state index in [0.29, 0.717) is 9.23 Å². The van der Waals surface area contributed by atoms with E-state index in [-0.39, 0.29) is 18.1 Å². The van der Waals surface area contributed by atoms with Crippen LogP contribution in [0.2, 0.25) is 0 Å². The van der Waals surface area contributed by atoms with Crippen LogP contribution in [0.1, 0.15) is 31.9 Å². The van der Waals surface area contributed by atoms with Gasteiger partial charge in [0.05, 0.1) is 4.91 Å². The highest BCUT2D eigenvalue weighted by molar-refractivity contribution is 8.26. The summed E-state index contributed by atoms with van der Waals surface area (Å²) < 4.78 is 6.33. The SMILES string of the molecule is CC(C)N1C(=O)/C(=C/c2ccc3c(c2)C[C@@H](C)O3)SC1=S. The number of carbonyl (C=O) groups is 1. The highest BCUT2D eigenvalue weighted by Crippen LogP contribution is 2.35. The van der Waals surface area contributed by atoms with Crippen LogP contribution in [0.4, 0.5) is 0 Å². The van der Waals surface area contributed by atoms with Gasteiger partial charge in [0.1, 0.15) is 16.2 Å². The molecule has 1 amide bonds. The van der Waals surface area contributed by atoms with Gasteiger partial charge in [-0.25, -0.2) is 0 Å². The number of thioether (sulfide) groups is 1. The predicted octanol–water partition coefficient (Wildman–Crippen LogP) is 3.62. The first-order valence-electron chi connectivity index (χ1n) is 7.02. The molecule has 110 valence electrons. The number of hydrogen-bond acceptors (Lipinski definition) is 4. The first-order chi connectivity index (χ1) is 9.95. The van der Waals surface area contributed by atoms with Gasteiger partial charge in [-0.1, -0.05) is 30.0 Å². The molecule has 3 rings (SSSR count). The number of hydrogen-bond donors (Lipinski definition) is 0. The summed E-state index contributed by atoms with van der Waals surface area (Å²) in [6.45, 7) is 6.01. The summed E-state index contributed by atoms with van der Waals surface area (Å²) in [5.41, 5.74) is 2.23. The van der Waals surface area contributed by atoms with Crippen LogP contribution in [0.15, 0.2) is 23.1 Å². The fourth-order valence-corrected chi connectivity index (χ4v) is 4.13. The van der Waals surface area contributed by atoms with Crippen molar-refractivity contribution in [2.45, 2.75) is 39.3 Å². The molecule has 0 radical (unpaired) electrons. The topological polar surface area (TPSA) is 29.5 Å². The van der Waals surface area contributed by atoms with E-state index in [1.165, 1.54) is 17.3 Å². The average Bonchev–Trinajstić information content (AvgIpc) is 2.88. The Balaban J connectivity index is 1.88. The number of thiocarbonyl (C=S) groups is 1. The molecule has 0 unspecified atom stereocenters. The van der Waals surface area contributed by atoms with Gasteiger partial charge >= 0.3 is 0 Å². The summed E-state index contributed by atoms with van der Waals surface area (Å²) in [5, 5.41) is 0. The molecular weight excluding hydrogens is 302 g/mol. The van der Waals surface area contributed by atoms with Crippen molar-refractivity contribution in [2.24, 2.45) is 0 Å². The first kappa shape index (κ1) is 14.6. The minimum absolute atomic E-state index is 0.00474. The Morgan fingerprint density at radius 2 is 2.24 bits per heavy atom. The maximum Gasteiger partial charge on any atom is 0.266 e. The van der Waals surface area contributed by atoms with Crippen molar-refractivity contribution in [1.29, 1.82) is 0 Å². The summed E-state index contributed by atoms with van der Waals surface area (Å²) in [4.78, 5) is 14.7. The van der Waals surface area contributed by atoms with Crippen molar-refractivity contribution in [3.63, 3.8) is 0 Å². The molecule has 2 heterocycles. The Hall–Kier alpha value is -1.33. The lowest BCUT2D eigenvalue weighted by Gasteiger charge is -2.18. The molecule has 0 aromatic heterocycles. The van der Waals surface area contributed by atoms with E-state index in [0.717, 1.165) is 17.7 Å². The molecule has 2 aliphatic rings. The van der Waals surface area contributed by atoms with Crippen LogP contribution in [-0.2, 0) is 11.2 Å². The van der Waals surface area contributed by atoms with Crippen molar-refractivity contribution in [1.82, 2.24) is 4.90 Å². The molecule has 0 N–H and O–H groups in total. The second-order valence-electron chi connectivity index (χ2n) is 5.65. The summed E-state index contributed by atoms with van der Waals surface area (Å²) >= 11 is 6.67. The van der Waals surface area contributed by atoms with Crippen molar-refractivity contribution in [3.8, 4) is 5.75 Å². The van der Waals surface area contributed by atoms with Crippen LogP contribution < -0.4 is 4.74 Å². The molecule has 1 atom stereocenters. The monoisotopic (exact) mass is 319 g/mol. The predicted molar refractivity (Wildman–Crippen MR) is 90.4 cm³/mol. The van der Waals surface area contributed by atoms with Gasteiger partial charge < -0.3 is 4.74 Å². The zero-order chi connectivity index (χ0) is 15.1. The molecule has 21 heavy (non-hydrogen) atoms. The van der Waals surface area contributed by atoms with Gasteiger partial charge in [0.15, 0.2) is 0 Å². The second-order valence-corrected chi connectivity index (χ2v) is 7.32. The minimum Gasteiger partial charge on any atom is -0.490 e. The van der Waals surface area contributed by atoms with Gasteiger partial charge in [0.25, 0.3) is 5.91 Å². The number of nitrogens with zero attached hydrogens (tertiary/aromatic N) is 1. The number of amides is 1. The van der Waals surface area contributed by atoms with Gasteiger partial charge in [0, 0.05) is 12.5 Å². The van der Waals surface area contributed by atoms with Crippen LogP contribution in [0.25, 0.3) is 6.08 Å². The zero-order valence-electron chi connectivity index (χ0n) is 12.3. The van der Waals surface area contributed by atoms with E-state index >= 15 is 0 Å². The van der Waals surface area contributed by atoms with E-state index in [1.54, 1.807) is 4.90 Å². The lowest BCUT2D eigenvalue weighted by Crippen LogP contribution is -2.34. The third kappa shape index (κ3) is 2.72. The molecule has 5 heteroatoms. The number of benzene rings is 1. The fraction of sp³-hybridized carbons (Fsp3) is 0.375. The van der Waals surface area contributed by atoms with Crippen LogP contribution in [-0.4, -0.2) is 27.3 Å². The van der Waals surface area contributed by atoms with Crippen LogP contribution in [0.3, 0.4) is 0 Å². The van der Waals surface area contributed by atoms with Crippen LogP contribution >= 0.6 is 24.0 Å². The normalized spacial score (nSPS) is 23.1. The number of fused-ring (bicyclic) bond motifs is 1. The van der Waals surface area contributed by atoms with Gasteiger partial charge in [-0.15, -0.1) is 0 Å². The number of carbonyl (C=O) groups excluding carboxylic acids is 1. The summed E-state index contributed by atoms with van der Waals surface area (Å²) in [7, 11) is 0. The van der Waals surface area contributed by atoms with Gasteiger partial charge in [-0.2, -0.15) is 0 Å². The second kappa shape index (κ2) is 5.46. The standard InChI is InChI=1S/C16H17NO2S2/c1-9(2)17-15(18)14(21-16(17)20)8-11-4-5-13-12(7-11)6-10(3)19-13/h4-5,7-10H,6H2,1-3H3/b14-8-/t10-/m1/s1. The first-order valence-corrected chi connectivity index (χ1v) is 8.25. The molecule has 0 aliphatic carbocycles. The molecule has 2 aliphatic heterocycles. The van der Waals surface area contributed by atoms with E-state index in [4.69, 9.17) is 17.0 Å². The lowest BCUT2D eigenvalue weighted by atomic mass is 10.1.